The number of nitrogens with one attached hydrogen (secondary N) is 1. The van der Waals surface area contributed by atoms with E-state index in [0.29, 0.717) is 5.92 Å². The van der Waals surface area contributed by atoms with E-state index in [1.165, 1.54) is 24.3 Å². The van der Waals surface area contributed by atoms with E-state index < -0.39 is 0 Å². The van der Waals surface area contributed by atoms with Crippen LogP contribution in [0.15, 0.2) is 0 Å². The van der Waals surface area contributed by atoms with Crippen molar-refractivity contribution in [2.45, 2.75) is 12.8 Å². The van der Waals surface area contributed by atoms with Gasteiger partial charge in [-0.3, -0.25) is 4.79 Å². The molecule has 0 spiro atoms. The van der Waals surface area contributed by atoms with Crippen LogP contribution in [0.5, 0.6) is 0 Å². The fourth-order valence-corrected chi connectivity index (χ4v) is 2.55. The summed E-state index contributed by atoms with van der Waals surface area (Å²) in [5.41, 5.74) is 0. The molecule has 0 saturated carbocycles. The van der Waals surface area contributed by atoms with Crippen LogP contribution in [0.3, 0.4) is 0 Å². The summed E-state index contributed by atoms with van der Waals surface area (Å²) in [6.07, 6.45) is 2.46. The SMILES string of the molecule is O=C(CCl)NCC1CCSCC1. The van der Waals surface area contributed by atoms with E-state index in [1.807, 2.05) is 11.8 Å². The molecule has 1 heterocycles. The predicted octanol–water partition coefficient (Wildman–Crippen LogP) is 1.48. The van der Waals surface area contributed by atoms with Gasteiger partial charge in [-0.1, -0.05) is 0 Å². The van der Waals surface area contributed by atoms with Crippen molar-refractivity contribution in [3.05, 3.63) is 0 Å². The molecule has 1 aliphatic rings. The Bertz CT molecular complexity index is 148. The lowest BCUT2D eigenvalue weighted by molar-refractivity contribution is -0.118. The van der Waals surface area contributed by atoms with Crippen molar-refractivity contribution in [2.24, 2.45) is 5.92 Å². The summed E-state index contributed by atoms with van der Waals surface area (Å²) in [6.45, 7) is 0.812. The fourth-order valence-electron chi connectivity index (χ4n) is 1.26. The van der Waals surface area contributed by atoms with Gasteiger partial charge in [-0.15, -0.1) is 11.6 Å². The van der Waals surface area contributed by atoms with Gasteiger partial charge in [0.25, 0.3) is 0 Å². The molecule has 2 nitrogen and oxygen atoms in total. The number of carbonyl (C=O) groups is 1. The number of thioether (sulfide) groups is 1. The molecule has 1 fully saturated rings. The summed E-state index contributed by atoms with van der Waals surface area (Å²) in [6, 6.07) is 0. The highest BCUT2D eigenvalue weighted by Crippen LogP contribution is 2.21. The summed E-state index contributed by atoms with van der Waals surface area (Å²) in [5.74, 6) is 3.19. The molecule has 1 N–H and O–H groups in total. The molecular weight excluding hydrogens is 194 g/mol. The maximum absolute atomic E-state index is 10.8. The Hall–Kier alpha value is 0.110. The zero-order valence-electron chi connectivity index (χ0n) is 7.01. The predicted molar refractivity (Wildman–Crippen MR) is 53.8 cm³/mol. The van der Waals surface area contributed by atoms with Gasteiger partial charge in [0.1, 0.15) is 5.88 Å². The molecule has 12 heavy (non-hydrogen) atoms. The molecule has 70 valence electrons. The maximum atomic E-state index is 10.8. The number of rotatable bonds is 3. The van der Waals surface area contributed by atoms with Crippen LogP contribution < -0.4 is 5.32 Å². The van der Waals surface area contributed by atoms with E-state index in [0.717, 1.165) is 6.54 Å². The third-order valence-corrected chi connectivity index (χ3v) is 3.34. The van der Waals surface area contributed by atoms with Crippen LogP contribution >= 0.6 is 23.4 Å². The number of halogens is 1. The van der Waals surface area contributed by atoms with Crippen molar-refractivity contribution in [2.75, 3.05) is 23.9 Å². The average molecular weight is 208 g/mol. The monoisotopic (exact) mass is 207 g/mol. The highest BCUT2D eigenvalue weighted by Gasteiger charge is 2.13. The number of carbonyl (C=O) groups excluding carboxylic acids is 1. The van der Waals surface area contributed by atoms with Crippen LogP contribution in [0, 0.1) is 5.92 Å². The number of hydrogen-bond acceptors (Lipinski definition) is 2. The molecule has 4 heteroatoms. The van der Waals surface area contributed by atoms with Crippen molar-refractivity contribution in [3.8, 4) is 0 Å². The third-order valence-electron chi connectivity index (χ3n) is 2.05. The van der Waals surface area contributed by atoms with Gasteiger partial charge in [0.2, 0.25) is 5.91 Å². The first-order valence-corrected chi connectivity index (χ1v) is 5.92. The first-order chi connectivity index (χ1) is 5.83. The van der Waals surface area contributed by atoms with Gasteiger partial charge in [0.05, 0.1) is 0 Å². The van der Waals surface area contributed by atoms with Crippen LogP contribution in [-0.4, -0.2) is 29.8 Å². The van der Waals surface area contributed by atoms with Crippen molar-refractivity contribution in [1.29, 1.82) is 0 Å². The molecule has 0 aromatic carbocycles. The summed E-state index contributed by atoms with van der Waals surface area (Å²) in [7, 11) is 0. The van der Waals surface area contributed by atoms with Crippen molar-refractivity contribution < 1.29 is 4.79 Å². The molecule has 1 saturated heterocycles. The molecule has 0 bridgehead atoms. The van der Waals surface area contributed by atoms with E-state index >= 15 is 0 Å². The van der Waals surface area contributed by atoms with Crippen molar-refractivity contribution in [1.82, 2.24) is 5.32 Å². The Labute approximate surface area is 82.4 Å². The van der Waals surface area contributed by atoms with Crippen LogP contribution in [-0.2, 0) is 4.79 Å². The smallest absolute Gasteiger partial charge is 0.234 e. The van der Waals surface area contributed by atoms with Gasteiger partial charge in [0, 0.05) is 6.54 Å². The second-order valence-corrected chi connectivity index (χ2v) is 4.49. The Morgan fingerprint density at radius 3 is 2.75 bits per heavy atom. The zero-order chi connectivity index (χ0) is 8.81. The minimum atomic E-state index is -0.0464. The Balaban J connectivity index is 2.09. The number of hydrogen-bond donors (Lipinski definition) is 1. The molecule has 0 radical (unpaired) electrons. The lowest BCUT2D eigenvalue weighted by Gasteiger charge is -2.21. The Kier molecular flexibility index (Phi) is 4.84. The van der Waals surface area contributed by atoms with E-state index in [-0.39, 0.29) is 11.8 Å². The molecular formula is C8H14ClNOS. The normalized spacial score (nSPS) is 19.1. The Morgan fingerprint density at radius 2 is 2.17 bits per heavy atom. The third kappa shape index (κ3) is 3.68. The molecule has 0 aromatic rings. The minimum Gasteiger partial charge on any atom is -0.355 e. The molecule has 1 amide bonds. The highest BCUT2D eigenvalue weighted by molar-refractivity contribution is 7.99. The minimum absolute atomic E-state index is 0.0464. The molecule has 1 rings (SSSR count). The molecule has 0 aliphatic carbocycles. The average Bonchev–Trinajstić information content (AvgIpc) is 2.16. The quantitative estimate of drug-likeness (QED) is 0.711. The summed E-state index contributed by atoms with van der Waals surface area (Å²) < 4.78 is 0. The van der Waals surface area contributed by atoms with Gasteiger partial charge in [-0.2, -0.15) is 11.8 Å². The molecule has 0 unspecified atom stereocenters. The van der Waals surface area contributed by atoms with Crippen LogP contribution in [0.2, 0.25) is 0 Å². The summed E-state index contributed by atoms with van der Waals surface area (Å²) in [5, 5.41) is 2.82. The van der Waals surface area contributed by atoms with Gasteiger partial charge in [-0.25, -0.2) is 0 Å². The Morgan fingerprint density at radius 1 is 1.50 bits per heavy atom. The van der Waals surface area contributed by atoms with E-state index in [2.05, 4.69) is 5.32 Å². The van der Waals surface area contributed by atoms with E-state index in [1.54, 1.807) is 0 Å². The lowest BCUT2D eigenvalue weighted by Crippen LogP contribution is -2.31. The molecule has 1 aliphatic heterocycles. The largest absolute Gasteiger partial charge is 0.355 e. The van der Waals surface area contributed by atoms with Crippen LogP contribution in [0.1, 0.15) is 12.8 Å². The first kappa shape index (κ1) is 10.2. The van der Waals surface area contributed by atoms with E-state index in [4.69, 9.17) is 11.6 Å². The standard InChI is InChI=1S/C8H14ClNOS/c9-5-8(11)10-6-7-1-3-12-4-2-7/h7H,1-6H2,(H,10,11). The fraction of sp³-hybridized carbons (Fsp3) is 0.875. The second-order valence-electron chi connectivity index (χ2n) is 2.99. The van der Waals surface area contributed by atoms with Gasteiger partial charge in [-0.05, 0) is 30.3 Å². The lowest BCUT2D eigenvalue weighted by atomic mass is 10.0. The van der Waals surface area contributed by atoms with Crippen molar-refractivity contribution >= 4 is 29.3 Å². The van der Waals surface area contributed by atoms with Crippen molar-refractivity contribution in [3.63, 3.8) is 0 Å². The summed E-state index contributed by atoms with van der Waals surface area (Å²) in [4.78, 5) is 10.8. The summed E-state index contributed by atoms with van der Waals surface area (Å²) >= 11 is 7.35. The highest BCUT2D eigenvalue weighted by atomic mass is 35.5. The second kappa shape index (κ2) is 5.70. The number of alkyl halides is 1. The molecule has 0 atom stereocenters. The molecule has 0 aromatic heterocycles. The first-order valence-electron chi connectivity index (χ1n) is 4.23. The van der Waals surface area contributed by atoms with Crippen LogP contribution in [0.25, 0.3) is 0 Å². The van der Waals surface area contributed by atoms with Gasteiger partial charge < -0.3 is 5.32 Å². The van der Waals surface area contributed by atoms with Gasteiger partial charge >= 0.3 is 0 Å². The number of amides is 1. The van der Waals surface area contributed by atoms with Crippen LogP contribution in [0.4, 0.5) is 0 Å². The van der Waals surface area contributed by atoms with E-state index in [9.17, 15) is 4.79 Å². The maximum Gasteiger partial charge on any atom is 0.234 e. The zero-order valence-corrected chi connectivity index (χ0v) is 8.59. The van der Waals surface area contributed by atoms with Gasteiger partial charge in [0.15, 0.2) is 0 Å². The topological polar surface area (TPSA) is 29.1 Å².